The lowest BCUT2D eigenvalue weighted by Crippen LogP contribution is -2.21. The zero-order valence-electron chi connectivity index (χ0n) is 12.7. The number of aromatic nitrogens is 1. The number of nitrogens with one attached hydrogen (secondary N) is 2. The molecule has 0 aliphatic carbocycles. The van der Waals surface area contributed by atoms with Gasteiger partial charge in [0.1, 0.15) is 10.6 Å². The van der Waals surface area contributed by atoms with Gasteiger partial charge < -0.3 is 10.1 Å². The van der Waals surface area contributed by atoms with Gasteiger partial charge in [-0.25, -0.2) is 4.98 Å². The molecular formula is C16H17N3O3S. The van der Waals surface area contributed by atoms with E-state index in [2.05, 4.69) is 15.6 Å². The van der Waals surface area contributed by atoms with Crippen molar-refractivity contribution in [3.63, 3.8) is 0 Å². The van der Waals surface area contributed by atoms with Crippen LogP contribution in [0.3, 0.4) is 0 Å². The van der Waals surface area contributed by atoms with E-state index in [1.54, 1.807) is 24.3 Å². The monoisotopic (exact) mass is 331 g/mol. The summed E-state index contributed by atoms with van der Waals surface area (Å²) in [4.78, 5) is 29.1. The molecule has 7 heteroatoms. The van der Waals surface area contributed by atoms with Crippen LogP contribution < -0.4 is 15.4 Å². The van der Waals surface area contributed by atoms with Crippen molar-refractivity contribution in [2.75, 3.05) is 18.5 Å². The van der Waals surface area contributed by atoms with E-state index in [4.69, 9.17) is 4.74 Å². The zero-order valence-corrected chi connectivity index (χ0v) is 13.5. The summed E-state index contributed by atoms with van der Waals surface area (Å²) >= 11 is 1.21. The SMILES string of the molecule is CCOc1ccc(C(=O)Nc2nc3c(s2)C(=O)NCCC3)cc1. The molecule has 0 fully saturated rings. The van der Waals surface area contributed by atoms with Crippen LogP contribution in [0, 0.1) is 0 Å². The van der Waals surface area contributed by atoms with E-state index in [1.165, 1.54) is 11.3 Å². The number of hydrogen-bond donors (Lipinski definition) is 2. The number of ether oxygens (including phenoxy) is 1. The lowest BCUT2D eigenvalue weighted by Gasteiger charge is -2.05. The highest BCUT2D eigenvalue weighted by molar-refractivity contribution is 7.17. The van der Waals surface area contributed by atoms with Gasteiger partial charge in [0, 0.05) is 12.1 Å². The lowest BCUT2D eigenvalue weighted by molar-refractivity contribution is 0.0958. The fraction of sp³-hybridized carbons (Fsp3) is 0.312. The van der Waals surface area contributed by atoms with Crippen LogP contribution in [0.15, 0.2) is 24.3 Å². The van der Waals surface area contributed by atoms with Crippen molar-refractivity contribution < 1.29 is 14.3 Å². The third-order valence-corrected chi connectivity index (χ3v) is 4.44. The Morgan fingerprint density at radius 3 is 2.91 bits per heavy atom. The van der Waals surface area contributed by atoms with E-state index in [9.17, 15) is 9.59 Å². The number of benzene rings is 1. The Morgan fingerprint density at radius 2 is 2.17 bits per heavy atom. The number of carbonyl (C=O) groups excluding carboxylic acids is 2. The Hall–Kier alpha value is -2.41. The van der Waals surface area contributed by atoms with Crippen molar-refractivity contribution in [2.45, 2.75) is 19.8 Å². The van der Waals surface area contributed by atoms with Crippen LogP contribution in [-0.4, -0.2) is 29.9 Å². The van der Waals surface area contributed by atoms with E-state index in [1.807, 2.05) is 6.92 Å². The summed E-state index contributed by atoms with van der Waals surface area (Å²) in [6, 6.07) is 6.91. The maximum Gasteiger partial charge on any atom is 0.263 e. The smallest absolute Gasteiger partial charge is 0.263 e. The van der Waals surface area contributed by atoms with Gasteiger partial charge in [-0.05, 0) is 44.0 Å². The van der Waals surface area contributed by atoms with Gasteiger partial charge in [0.05, 0.1) is 12.3 Å². The number of thiazole rings is 1. The molecule has 1 aromatic heterocycles. The molecule has 120 valence electrons. The summed E-state index contributed by atoms with van der Waals surface area (Å²) < 4.78 is 5.35. The summed E-state index contributed by atoms with van der Waals surface area (Å²) in [7, 11) is 0. The summed E-state index contributed by atoms with van der Waals surface area (Å²) in [5.74, 6) is 0.357. The molecule has 2 heterocycles. The van der Waals surface area contributed by atoms with Crippen LogP contribution in [0.1, 0.15) is 39.1 Å². The molecule has 0 spiro atoms. The van der Waals surface area contributed by atoms with Gasteiger partial charge in [0.25, 0.3) is 11.8 Å². The quantitative estimate of drug-likeness (QED) is 0.902. The number of carbonyl (C=O) groups is 2. The minimum absolute atomic E-state index is 0.114. The fourth-order valence-electron chi connectivity index (χ4n) is 2.33. The second-order valence-electron chi connectivity index (χ2n) is 5.07. The van der Waals surface area contributed by atoms with E-state index in [0.717, 1.165) is 24.3 Å². The molecular weight excluding hydrogens is 314 g/mol. The third kappa shape index (κ3) is 3.50. The predicted octanol–water partition coefficient (Wildman–Crippen LogP) is 2.47. The number of hydrogen-bond acceptors (Lipinski definition) is 5. The average Bonchev–Trinajstić information content (AvgIpc) is 2.87. The van der Waals surface area contributed by atoms with Gasteiger partial charge in [0.2, 0.25) is 0 Å². The molecule has 0 unspecified atom stereocenters. The molecule has 6 nitrogen and oxygen atoms in total. The second-order valence-corrected chi connectivity index (χ2v) is 6.06. The standard InChI is InChI=1S/C16H17N3O3S/c1-2-22-11-7-5-10(6-8-11)14(20)19-16-18-12-4-3-9-17-15(21)13(12)23-16/h5-8H,2-4,9H2,1H3,(H,17,21)(H,18,19,20). The molecule has 0 bridgehead atoms. The van der Waals surface area contributed by atoms with E-state index in [0.29, 0.717) is 28.7 Å². The van der Waals surface area contributed by atoms with Crippen LogP contribution in [0.25, 0.3) is 0 Å². The van der Waals surface area contributed by atoms with Gasteiger partial charge in [-0.3, -0.25) is 14.9 Å². The van der Waals surface area contributed by atoms with Gasteiger partial charge in [-0.1, -0.05) is 11.3 Å². The maximum atomic E-state index is 12.3. The molecule has 1 aliphatic heterocycles. The van der Waals surface area contributed by atoms with E-state index < -0.39 is 0 Å². The van der Waals surface area contributed by atoms with Gasteiger partial charge in [0.15, 0.2) is 5.13 Å². The van der Waals surface area contributed by atoms with Crippen LogP contribution in [0.5, 0.6) is 5.75 Å². The second kappa shape index (κ2) is 6.78. The zero-order chi connectivity index (χ0) is 16.2. The highest BCUT2D eigenvalue weighted by Gasteiger charge is 2.21. The van der Waals surface area contributed by atoms with Crippen molar-refractivity contribution in [3.8, 4) is 5.75 Å². The largest absolute Gasteiger partial charge is 0.494 e. The third-order valence-electron chi connectivity index (χ3n) is 3.43. The summed E-state index contributed by atoms with van der Waals surface area (Å²) in [6.45, 7) is 3.15. The van der Waals surface area contributed by atoms with Crippen LogP contribution in [0.2, 0.25) is 0 Å². The first kappa shape index (κ1) is 15.5. The van der Waals surface area contributed by atoms with Crippen LogP contribution in [-0.2, 0) is 6.42 Å². The van der Waals surface area contributed by atoms with Crippen molar-refractivity contribution in [3.05, 3.63) is 40.4 Å². The highest BCUT2D eigenvalue weighted by Crippen LogP contribution is 2.26. The maximum absolute atomic E-state index is 12.3. The molecule has 0 radical (unpaired) electrons. The number of anilines is 1. The van der Waals surface area contributed by atoms with Gasteiger partial charge in [-0.15, -0.1) is 0 Å². The Kier molecular flexibility index (Phi) is 4.57. The molecule has 3 rings (SSSR count). The first-order chi connectivity index (χ1) is 11.2. The molecule has 1 aliphatic rings. The van der Waals surface area contributed by atoms with Crippen LogP contribution in [0.4, 0.5) is 5.13 Å². The summed E-state index contributed by atoms with van der Waals surface area (Å²) in [5, 5.41) is 6.03. The predicted molar refractivity (Wildman–Crippen MR) is 88.3 cm³/mol. The van der Waals surface area contributed by atoms with E-state index in [-0.39, 0.29) is 11.8 Å². The highest BCUT2D eigenvalue weighted by atomic mass is 32.1. The first-order valence-corrected chi connectivity index (χ1v) is 8.31. The lowest BCUT2D eigenvalue weighted by atomic mass is 10.2. The Balaban J connectivity index is 1.73. The van der Waals surface area contributed by atoms with Crippen molar-refractivity contribution in [1.29, 1.82) is 0 Å². The van der Waals surface area contributed by atoms with E-state index >= 15 is 0 Å². The number of amides is 2. The Labute approximate surface area is 137 Å². The molecule has 1 aromatic carbocycles. The first-order valence-electron chi connectivity index (χ1n) is 7.49. The molecule has 0 saturated carbocycles. The normalized spacial score (nSPS) is 13.7. The number of aryl methyl sites for hydroxylation is 1. The molecule has 2 amide bonds. The summed E-state index contributed by atoms with van der Waals surface area (Å²) in [6.07, 6.45) is 1.60. The Morgan fingerprint density at radius 1 is 1.39 bits per heavy atom. The van der Waals surface area contributed by atoms with Crippen molar-refractivity contribution >= 4 is 28.3 Å². The fourth-order valence-corrected chi connectivity index (χ4v) is 3.25. The van der Waals surface area contributed by atoms with Crippen molar-refractivity contribution in [2.24, 2.45) is 0 Å². The molecule has 2 aromatic rings. The number of rotatable bonds is 4. The minimum atomic E-state index is -0.252. The van der Waals surface area contributed by atoms with Gasteiger partial charge >= 0.3 is 0 Å². The molecule has 23 heavy (non-hydrogen) atoms. The van der Waals surface area contributed by atoms with Gasteiger partial charge in [-0.2, -0.15) is 0 Å². The average molecular weight is 331 g/mol. The number of fused-ring (bicyclic) bond motifs is 1. The topological polar surface area (TPSA) is 80.3 Å². The molecule has 2 N–H and O–H groups in total. The minimum Gasteiger partial charge on any atom is -0.494 e. The van der Waals surface area contributed by atoms with Crippen molar-refractivity contribution in [1.82, 2.24) is 10.3 Å². The molecule has 0 atom stereocenters. The van der Waals surface area contributed by atoms with Crippen LogP contribution >= 0.6 is 11.3 Å². The number of nitrogens with zero attached hydrogens (tertiary/aromatic N) is 1. The summed E-state index contributed by atoms with van der Waals surface area (Å²) in [5.41, 5.74) is 1.27. The Bertz CT molecular complexity index is 725. The molecule has 0 saturated heterocycles.